The third-order valence-corrected chi connectivity index (χ3v) is 5.63. The number of rotatable bonds is 4. The van der Waals surface area contributed by atoms with Gasteiger partial charge < -0.3 is 8.97 Å². The van der Waals surface area contributed by atoms with Crippen molar-refractivity contribution in [2.45, 2.75) is 12.8 Å². The number of hydrogen-bond acceptors (Lipinski definition) is 0. The lowest BCUT2D eigenvalue weighted by molar-refractivity contribution is -0.910. The van der Waals surface area contributed by atoms with Gasteiger partial charge >= 0.3 is 0 Å². The summed E-state index contributed by atoms with van der Waals surface area (Å²) in [5, 5.41) is 0. The van der Waals surface area contributed by atoms with Crippen molar-refractivity contribution in [3.05, 3.63) is 12.2 Å². The van der Waals surface area contributed by atoms with Crippen LogP contribution in [0.1, 0.15) is 12.8 Å². The average Bonchev–Trinajstić information content (AvgIpc) is 2.85. The van der Waals surface area contributed by atoms with E-state index in [9.17, 15) is 0 Å². The molecule has 1 saturated carbocycles. The highest BCUT2D eigenvalue weighted by atomic mass is 15.4. The quantitative estimate of drug-likeness (QED) is 0.529. The summed E-state index contributed by atoms with van der Waals surface area (Å²) < 4.78 is 2.46. The van der Waals surface area contributed by atoms with Crippen LogP contribution >= 0.6 is 0 Å². The Balaban J connectivity index is 1.55. The van der Waals surface area contributed by atoms with Crippen molar-refractivity contribution in [1.29, 1.82) is 0 Å². The molecule has 0 spiro atoms. The van der Waals surface area contributed by atoms with E-state index in [1.807, 2.05) is 0 Å². The van der Waals surface area contributed by atoms with Crippen LogP contribution in [-0.2, 0) is 0 Å². The molecule has 2 bridgehead atoms. The maximum Gasteiger partial charge on any atom is 0.0839 e. The highest BCUT2D eigenvalue weighted by Gasteiger charge is 2.54. The average molecular weight is 250 g/mol. The van der Waals surface area contributed by atoms with E-state index in [1.165, 1.54) is 43.5 Å². The Labute approximate surface area is 112 Å². The number of hydrogen-bond donors (Lipinski definition) is 0. The Hall–Kier alpha value is -0.340. The zero-order valence-electron chi connectivity index (χ0n) is 12.6. The smallest absolute Gasteiger partial charge is 0.0839 e. The van der Waals surface area contributed by atoms with Crippen LogP contribution in [0.2, 0.25) is 0 Å². The van der Waals surface area contributed by atoms with E-state index in [0.717, 1.165) is 28.2 Å². The molecule has 3 rings (SSSR count). The molecule has 0 N–H and O–H groups in total. The Morgan fingerprint density at radius 1 is 1.06 bits per heavy atom. The minimum atomic E-state index is 0.943. The fraction of sp³-hybridized carbons (Fsp3) is 0.875. The topological polar surface area (TPSA) is 0 Å². The highest BCUT2D eigenvalue weighted by Crippen LogP contribution is 2.52. The summed E-state index contributed by atoms with van der Waals surface area (Å²) >= 11 is 0. The number of fused-ring (bicyclic) bond motifs is 5. The first kappa shape index (κ1) is 12.7. The molecule has 1 saturated heterocycles. The van der Waals surface area contributed by atoms with Gasteiger partial charge in [-0.1, -0.05) is 12.2 Å². The lowest BCUT2D eigenvalue weighted by atomic mass is 9.86. The first-order chi connectivity index (χ1) is 8.36. The predicted molar refractivity (Wildman–Crippen MR) is 76.0 cm³/mol. The lowest BCUT2D eigenvalue weighted by Gasteiger charge is -2.33. The maximum absolute atomic E-state index is 2.52. The molecule has 102 valence electrons. The molecule has 2 aliphatic carbocycles. The van der Waals surface area contributed by atoms with E-state index in [0.29, 0.717) is 0 Å². The minimum Gasteiger partial charge on any atom is -0.331 e. The fourth-order valence-electron chi connectivity index (χ4n) is 4.77. The van der Waals surface area contributed by atoms with Gasteiger partial charge in [0.15, 0.2) is 0 Å². The third kappa shape index (κ3) is 2.25. The molecule has 0 aromatic heterocycles. The number of quaternary nitrogens is 2. The number of likely N-dealkylation sites (tertiary alicyclic amines) is 1. The van der Waals surface area contributed by atoms with Crippen LogP contribution in [-0.4, -0.2) is 63.3 Å². The van der Waals surface area contributed by atoms with Crippen LogP contribution in [0.4, 0.5) is 0 Å². The van der Waals surface area contributed by atoms with Crippen LogP contribution in [0.25, 0.3) is 0 Å². The Kier molecular flexibility index (Phi) is 2.87. The Morgan fingerprint density at radius 2 is 1.61 bits per heavy atom. The normalized spacial score (nSPS) is 45.8. The van der Waals surface area contributed by atoms with Crippen molar-refractivity contribution in [1.82, 2.24) is 0 Å². The van der Waals surface area contributed by atoms with Crippen LogP contribution in [0, 0.1) is 23.7 Å². The molecule has 0 radical (unpaired) electrons. The minimum absolute atomic E-state index is 0.943. The third-order valence-electron chi connectivity index (χ3n) is 5.63. The van der Waals surface area contributed by atoms with E-state index in [4.69, 9.17) is 0 Å². The van der Waals surface area contributed by atoms with Gasteiger partial charge in [0.2, 0.25) is 0 Å². The standard InChI is InChI=1S/C16H30N2/c1-17(2,3)8-5-9-18(4)11-15-13-6-7-14(10-13)16(15)12-18/h6-7,13-16H,5,8-12H2,1-4H3/q+2/t13-,14+,15-,16-,18?/m0/s1. The summed E-state index contributed by atoms with van der Waals surface area (Å²) in [6.07, 6.45) is 7.90. The molecule has 5 atom stereocenters. The van der Waals surface area contributed by atoms with Crippen molar-refractivity contribution in [2.24, 2.45) is 23.7 Å². The highest BCUT2D eigenvalue weighted by molar-refractivity contribution is 5.14. The second-order valence-electron chi connectivity index (χ2n) is 8.35. The summed E-state index contributed by atoms with van der Waals surface area (Å²) in [5.41, 5.74) is 0. The first-order valence-electron chi connectivity index (χ1n) is 7.69. The fourth-order valence-corrected chi connectivity index (χ4v) is 4.77. The second kappa shape index (κ2) is 4.08. The molecule has 2 fully saturated rings. The molecule has 0 amide bonds. The van der Waals surface area contributed by atoms with E-state index < -0.39 is 0 Å². The molecule has 2 nitrogen and oxygen atoms in total. The van der Waals surface area contributed by atoms with Crippen molar-refractivity contribution >= 4 is 0 Å². The molecular weight excluding hydrogens is 220 g/mol. The zero-order chi connectivity index (χ0) is 13.0. The molecule has 1 heterocycles. The lowest BCUT2D eigenvalue weighted by Crippen LogP contribution is -2.46. The molecule has 0 aromatic carbocycles. The summed E-state index contributed by atoms with van der Waals surface area (Å²) in [7, 11) is 9.43. The van der Waals surface area contributed by atoms with Gasteiger partial charge in [-0.2, -0.15) is 0 Å². The summed E-state index contributed by atoms with van der Waals surface area (Å²) in [6.45, 7) is 5.61. The molecular formula is C16H30N2+2. The zero-order valence-corrected chi connectivity index (χ0v) is 12.6. The van der Waals surface area contributed by atoms with E-state index in [1.54, 1.807) is 0 Å². The molecule has 2 heteroatoms. The van der Waals surface area contributed by atoms with Gasteiger partial charge in [0.1, 0.15) is 0 Å². The van der Waals surface area contributed by atoms with Crippen LogP contribution in [0.15, 0.2) is 12.2 Å². The van der Waals surface area contributed by atoms with Crippen LogP contribution in [0.3, 0.4) is 0 Å². The van der Waals surface area contributed by atoms with Gasteiger partial charge in [0.05, 0.1) is 54.4 Å². The predicted octanol–water partition coefficient (Wildman–Crippen LogP) is 1.98. The van der Waals surface area contributed by atoms with Crippen LogP contribution in [0.5, 0.6) is 0 Å². The Morgan fingerprint density at radius 3 is 2.11 bits per heavy atom. The van der Waals surface area contributed by atoms with Crippen LogP contribution < -0.4 is 0 Å². The van der Waals surface area contributed by atoms with Gasteiger partial charge in [0, 0.05) is 18.3 Å². The molecule has 3 aliphatic rings. The number of allylic oxidation sites excluding steroid dienone is 2. The van der Waals surface area contributed by atoms with Crippen molar-refractivity contribution in [3.63, 3.8) is 0 Å². The van der Waals surface area contributed by atoms with E-state index >= 15 is 0 Å². The van der Waals surface area contributed by atoms with Gasteiger partial charge in [-0.05, 0) is 18.3 Å². The van der Waals surface area contributed by atoms with Crippen molar-refractivity contribution < 1.29 is 8.97 Å². The molecule has 0 aromatic rings. The van der Waals surface area contributed by atoms with Crippen molar-refractivity contribution in [3.8, 4) is 0 Å². The van der Waals surface area contributed by atoms with Gasteiger partial charge in [0.25, 0.3) is 0 Å². The SMILES string of the molecule is C[N+](C)(C)CCC[N+]1(C)C[C@@H]2[C@@H](C1)[C@H]1C=C[C@@H]2C1. The summed E-state index contributed by atoms with van der Waals surface area (Å²) in [4.78, 5) is 0. The largest absolute Gasteiger partial charge is 0.331 e. The second-order valence-corrected chi connectivity index (χ2v) is 8.35. The molecule has 1 unspecified atom stereocenters. The van der Waals surface area contributed by atoms with Crippen molar-refractivity contribution in [2.75, 3.05) is 54.4 Å². The first-order valence-corrected chi connectivity index (χ1v) is 7.69. The number of nitrogens with zero attached hydrogens (tertiary/aromatic N) is 2. The maximum atomic E-state index is 2.52. The van der Waals surface area contributed by atoms with E-state index in [2.05, 4.69) is 40.3 Å². The summed E-state index contributed by atoms with van der Waals surface area (Å²) in [5.74, 6) is 3.93. The van der Waals surface area contributed by atoms with Gasteiger partial charge in [-0.25, -0.2) is 0 Å². The molecule has 1 aliphatic heterocycles. The van der Waals surface area contributed by atoms with Gasteiger partial charge in [-0.3, -0.25) is 0 Å². The van der Waals surface area contributed by atoms with Gasteiger partial charge in [-0.15, -0.1) is 0 Å². The Bertz CT molecular complexity index is 333. The monoisotopic (exact) mass is 250 g/mol. The molecule has 18 heavy (non-hydrogen) atoms. The van der Waals surface area contributed by atoms with E-state index in [-0.39, 0.29) is 0 Å². The summed E-state index contributed by atoms with van der Waals surface area (Å²) in [6, 6.07) is 0.